The van der Waals surface area contributed by atoms with E-state index < -0.39 is 10.8 Å². The van der Waals surface area contributed by atoms with Gasteiger partial charge >= 0.3 is 0 Å². The van der Waals surface area contributed by atoms with E-state index in [4.69, 9.17) is 0 Å². The fourth-order valence-corrected chi connectivity index (χ4v) is 3.81. The van der Waals surface area contributed by atoms with Crippen LogP contribution in [0.1, 0.15) is 48.0 Å². The lowest BCUT2D eigenvalue weighted by Gasteiger charge is -2.33. The average molecular weight is 425 g/mol. The SMILES string of the molecule is CN(c1ccc(CNC(=O)CNC(=O)c2cccc([N+](=O)[O-])c2)cc1)C1CCCCC1. The third-order valence-corrected chi connectivity index (χ3v) is 5.68. The molecule has 0 bridgehead atoms. The van der Waals surface area contributed by atoms with Gasteiger partial charge in [0.15, 0.2) is 0 Å². The molecular weight excluding hydrogens is 396 g/mol. The van der Waals surface area contributed by atoms with Crippen molar-refractivity contribution in [3.63, 3.8) is 0 Å². The second-order valence-corrected chi connectivity index (χ2v) is 7.84. The first kappa shape index (κ1) is 22.3. The Hall–Kier alpha value is -3.42. The fourth-order valence-electron chi connectivity index (χ4n) is 3.81. The van der Waals surface area contributed by atoms with Crippen LogP contribution in [0.5, 0.6) is 0 Å². The van der Waals surface area contributed by atoms with Crippen LogP contribution in [-0.4, -0.2) is 36.4 Å². The summed E-state index contributed by atoms with van der Waals surface area (Å²) in [4.78, 5) is 36.8. The topological polar surface area (TPSA) is 105 Å². The number of carbonyl (C=O) groups is 2. The molecule has 0 aromatic heterocycles. The van der Waals surface area contributed by atoms with E-state index in [1.807, 2.05) is 12.1 Å². The molecule has 0 aliphatic heterocycles. The normalized spacial score (nSPS) is 14.0. The molecule has 1 saturated carbocycles. The number of hydrogen-bond donors (Lipinski definition) is 2. The maximum absolute atomic E-state index is 12.1. The second kappa shape index (κ2) is 10.6. The van der Waals surface area contributed by atoms with Gasteiger partial charge in [-0.2, -0.15) is 0 Å². The van der Waals surface area contributed by atoms with Crippen molar-refractivity contribution in [3.05, 3.63) is 69.8 Å². The van der Waals surface area contributed by atoms with Gasteiger partial charge in [0, 0.05) is 43.0 Å². The number of amides is 2. The van der Waals surface area contributed by atoms with Crippen LogP contribution in [0.3, 0.4) is 0 Å². The predicted molar refractivity (Wildman–Crippen MR) is 119 cm³/mol. The first-order chi connectivity index (χ1) is 14.9. The highest BCUT2D eigenvalue weighted by Crippen LogP contribution is 2.26. The zero-order valence-electron chi connectivity index (χ0n) is 17.7. The summed E-state index contributed by atoms with van der Waals surface area (Å²) in [5, 5.41) is 16.1. The van der Waals surface area contributed by atoms with Crippen molar-refractivity contribution in [2.75, 3.05) is 18.5 Å². The first-order valence-corrected chi connectivity index (χ1v) is 10.5. The molecule has 0 spiro atoms. The number of non-ortho nitro benzene ring substituents is 1. The first-order valence-electron chi connectivity index (χ1n) is 10.5. The summed E-state index contributed by atoms with van der Waals surface area (Å²) in [5.74, 6) is -0.865. The summed E-state index contributed by atoms with van der Waals surface area (Å²) in [5.41, 5.74) is 2.11. The summed E-state index contributed by atoms with van der Waals surface area (Å²) in [6, 6.07) is 14.1. The van der Waals surface area contributed by atoms with Gasteiger partial charge in [0.05, 0.1) is 11.5 Å². The molecule has 0 saturated heterocycles. The monoisotopic (exact) mass is 424 g/mol. The number of nitrogens with one attached hydrogen (secondary N) is 2. The molecule has 0 atom stereocenters. The molecule has 3 rings (SSSR count). The third kappa shape index (κ3) is 6.28. The van der Waals surface area contributed by atoms with Crippen molar-refractivity contribution in [2.24, 2.45) is 0 Å². The van der Waals surface area contributed by atoms with E-state index in [1.54, 1.807) is 0 Å². The van der Waals surface area contributed by atoms with E-state index >= 15 is 0 Å². The summed E-state index contributed by atoms with van der Waals surface area (Å²) >= 11 is 0. The van der Waals surface area contributed by atoms with E-state index in [2.05, 4.69) is 34.7 Å². The van der Waals surface area contributed by atoms with Crippen LogP contribution >= 0.6 is 0 Å². The van der Waals surface area contributed by atoms with E-state index in [1.165, 1.54) is 62.1 Å². The number of anilines is 1. The van der Waals surface area contributed by atoms with E-state index in [0.29, 0.717) is 12.6 Å². The van der Waals surface area contributed by atoms with Crippen LogP contribution in [0.15, 0.2) is 48.5 Å². The Balaban J connectivity index is 1.44. The highest BCUT2D eigenvalue weighted by atomic mass is 16.6. The number of benzene rings is 2. The number of nitro benzene ring substituents is 1. The van der Waals surface area contributed by atoms with E-state index in [-0.39, 0.29) is 23.7 Å². The van der Waals surface area contributed by atoms with Gasteiger partial charge in [-0.05, 0) is 36.6 Å². The van der Waals surface area contributed by atoms with Gasteiger partial charge in [-0.25, -0.2) is 0 Å². The number of nitro groups is 1. The molecular formula is C23H28N4O4. The number of hydrogen-bond acceptors (Lipinski definition) is 5. The van der Waals surface area contributed by atoms with Gasteiger partial charge in [0.25, 0.3) is 11.6 Å². The summed E-state index contributed by atoms with van der Waals surface area (Å²) in [6.45, 7) is 0.156. The minimum Gasteiger partial charge on any atom is -0.372 e. The summed E-state index contributed by atoms with van der Waals surface area (Å²) < 4.78 is 0. The molecule has 164 valence electrons. The molecule has 2 aromatic rings. The lowest BCUT2D eigenvalue weighted by Crippen LogP contribution is -2.36. The molecule has 0 radical (unpaired) electrons. The van der Waals surface area contributed by atoms with Crippen LogP contribution in [-0.2, 0) is 11.3 Å². The molecule has 2 amide bonds. The van der Waals surface area contributed by atoms with Crippen molar-refractivity contribution in [2.45, 2.75) is 44.7 Å². The van der Waals surface area contributed by atoms with Crippen molar-refractivity contribution in [1.82, 2.24) is 10.6 Å². The van der Waals surface area contributed by atoms with E-state index in [0.717, 1.165) is 5.56 Å². The molecule has 1 aliphatic rings. The molecule has 2 aromatic carbocycles. The maximum Gasteiger partial charge on any atom is 0.270 e. The molecule has 8 heteroatoms. The molecule has 31 heavy (non-hydrogen) atoms. The Morgan fingerprint density at radius 1 is 1.06 bits per heavy atom. The highest BCUT2D eigenvalue weighted by Gasteiger charge is 2.18. The summed E-state index contributed by atoms with van der Waals surface area (Å²) in [7, 11) is 2.14. The van der Waals surface area contributed by atoms with Crippen LogP contribution in [0.4, 0.5) is 11.4 Å². The average Bonchev–Trinajstić information content (AvgIpc) is 2.81. The molecule has 0 unspecified atom stereocenters. The minimum atomic E-state index is -0.568. The summed E-state index contributed by atoms with van der Waals surface area (Å²) in [6.07, 6.45) is 6.37. The van der Waals surface area contributed by atoms with Gasteiger partial charge < -0.3 is 15.5 Å². The Labute approximate surface area is 181 Å². The van der Waals surface area contributed by atoms with Crippen molar-refractivity contribution < 1.29 is 14.5 Å². The zero-order valence-corrected chi connectivity index (χ0v) is 17.7. The van der Waals surface area contributed by atoms with Gasteiger partial charge in [0.2, 0.25) is 5.91 Å². The van der Waals surface area contributed by atoms with Gasteiger partial charge in [0.1, 0.15) is 0 Å². The van der Waals surface area contributed by atoms with E-state index in [9.17, 15) is 19.7 Å². The van der Waals surface area contributed by atoms with Crippen molar-refractivity contribution in [3.8, 4) is 0 Å². The molecule has 0 heterocycles. The molecule has 8 nitrogen and oxygen atoms in total. The van der Waals surface area contributed by atoms with Gasteiger partial charge in [-0.15, -0.1) is 0 Å². The largest absolute Gasteiger partial charge is 0.372 e. The lowest BCUT2D eigenvalue weighted by atomic mass is 9.94. The number of carbonyl (C=O) groups excluding carboxylic acids is 2. The van der Waals surface area contributed by atoms with Crippen LogP contribution in [0, 0.1) is 10.1 Å². The maximum atomic E-state index is 12.1. The quantitative estimate of drug-likeness (QED) is 0.499. The van der Waals surface area contributed by atoms with Crippen molar-refractivity contribution in [1.29, 1.82) is 0 Å². The second-order valence-electron chi connectivity index (χ2n) is 7.84. The Morgan fingerprint density at radius 3 is 2.45 bits per heavy atom. The lowest BCUT2D eigenvalue weighted by molar-refractivity contribution is -0.384. The number of rotatable bonds is 8. The zero-order chi connectivity index (χ0) is 22.2. The van der Waals surface area contributed by atoms with Crippen molar-refractivity contribution >= 4 is 23.2 Å². The Kier molecular flexibility index (Phi) is 7.59. The van der Waals surface area contributed by atoms with Gasteiger partial charge in [-0.1, -0.05) is 37.5 Å². The standard InChI is InChI=1S/C23H28N4O4/c1-26(19-7-3-2-4-8-19)20-12-10-17(11-13-20)15-24-22(28)16-25-23(29)18-6-5-9-21(14-18)27(30)31/h5-6,9-14,19H,2-4,7-8,15-16H2,1H3,(H,24,28)(H,25,29). The molecule has 1 aliphatic carbocycles. The predicted octanol–water partition coefficient (Wildman–Crippen LogP) is 3.41. The fraction of sp³-hybridized carbons (Fsp3) is 0.391. The Morgan fingerprint density at radius 2 is 1.77 bits per heavy atom. The van der Waals surface area contributed by atoms with Crippen LogP contribution in [0.2, 0.25) is 0 Å². The van der Waals surface area contributed by atoms with Crippen LogP contribution in [0.25, 0.3) is 0 Å². The molecule has 1 fully saturated rings. The minimum absolute atomic E-state index is 0.139. The van der Waals surface area contributed by atoms with Crippen LogP contribution < -0.4 is 15.5 Å². The van der Waals surface area contributed by atoms with Gasteiger partial charge in [-0.3, -0.25) is 19.7 Å². The third-order valence-electron chi connectivity index (χ3n) is 5.68. The Bertz CT molecular complexity index is 923. The molecule has 2 N–H and O–H groups in total. The highest BCUT2D eigenvalue weighted by molar-refractivity contribution is 5.96. The smallest absolute Gasteiger partial charge is 0.270 e. The number of nitrogens with zero attached hydrogens (tertiary/aromatic N) is 2.